The lowest BCUT2D eigenvalue weighted by molar-refractivity contribution is 0.418. The first-order valence-electron chi connectivity index (χ1n) is 5.97. The van der Waals surface area contributed by atoms with Gasteiger partial charge in [-0.25, -0.2) is 0 Å². The second-order valence-corrected chi connectivity index (χ2v) is 4.03. The largest absolute Gasteiger partial charge is 0.0857 e. The van der Waals surface area contributed by atoms with Crippen LogP contribution in [0.1, 0.15) is 59.8 Å². The van der Waals surface area contributed by atoms with Gasteiger partial charge in [0, 0.05) is 0 Å². The molecular formula is C13H26. The predicted octanol–water partition coefficient (Wildman–Crippen LogP) is 4.81. The summed E-state index contributed by atoms with van der Waals surface area (Å²) >= 11 is 0. The number of allylic oxidation sites excluding steroid dienone is 2. The van der Waals surface area contributed by atoms with E-state index in [4.69, 9.17) is 0 Å². The van der Waals surface area contributed by atoms with Crippen molar-refractivity contribution >= 4 is 0 Å². The smallest absolute Gasteiger partial charge is 0.0233 e. The maximum atomic E-state index is 2.43. The number of hydrogen-bond donors (Lipinski definition) is 0. The first-order chi connectivity index (χ1) is 6.29. The summed E-state index contributed by atoms with van der Waals surface area (Å²) in [6.07, 6.45) is 12.0. The van der Waals surface area contributed by atoms with Crippen molar-refractivity contribution in [1.82, 2.24) is 0 Å². The molecule has 0 nitrogen and oxygen atoms in total. The quantitative estimate of drug-likeness (QED) is 0.538. The van der Waals surface area contributed by atoms with Crippen LogP contribution in [0.3, 0.4) is 0 Å². The predicted molar refractivity (Wildman–Crippen MR) is 61.9 cm³/mol. The molecule has 0 N–H and O–H groups in total. The Labute approximate surface area is 84.4 Å². The van der Waals surface area contributed by atoms with E-state index in [1.807, 2.05) is 13.8 Å². The average Bonchev–Trinajstić information content (AvgIpc) is 2.19. The van der Waals surface area contributed by atoms with Gasteiger partial charge < -0.3 is 0 Å². The molecular weight excluding hydrogens is 156 g/mol. The van der Waals surface area contributed by atoms with Gasteiger partial charge >= 0.3 is 0 Å². The van der Waals surface area contributed by atoms with E-state index in [2.05, 4.69) is 26.0 Å². The minimum atomic E-state index is 0.733. The molecule has 0 atom stereocenters. The van der Waals surface area contributed by atoms with Gasteiger partial charge in [0.05, 0.1) is 0 Å². The molecule has 0 heteroatoms. The topological polar surface area (TPSA) is 0 Å². The monoisotopic (exact) mass is 182 g/mol. The van der Waals surface area contributed by atoms with E-state index in [0.29, 0.717) is 0 Å². The van der Waals surface area contributed by atoms with E-state index < -0.39 is 0 Å². The molecule has 78 valence electrons. The van der Waals surface area contributed by atoms with E-state index in [1.165, 1.54) is 32.1 Å². The SMILES string of the molecule is CC.CC(C)/C=C/C1CCCCC1. The van der Waals surface area contributed by atoms with Crippen molar-refractivity contribution in [3.63, 3.8) is 0 Å². The van der Waals surface area contributed by atoms with E-state index in [9.17, 15) is 0 Å². The lowest BCUT2D eigenvalue weighted by Crippen LogP contribution is -2.02. The van der Waals surface area contributed by atoms with Crippen LogP contribution in [0.4, 0.5) is 0 Å². The first kappa shape index (κ1) is 12.7. The van der Waals surface area contributed by atoms with E-state index >= 15 is 0 Å². The van der Waals surface area contributed by atoms with Gasteiger partial charge in [-0.1, -0.05) is 59.1 Å². The number of rotatable bonds is 2. The van der Waals surface area contributed by atoms with E-state index in [-0.39, 0.29) is 0 Å². The van der Waals surface area contributed by atoms with E-state index in [0.717, 1.165) is 11.8 Å². The Morgan fingerprint density at radius 3 is 2.00 bits per heavy atom. The third-order valence-corrected chi connectivity index (χ3v) is 2.42. The Bertz CT molecular complexity index is 116. The minimum absolute atomic E-state index is 0.733. The summed E-state index contributed by atoms with van der Waals surface area (Å²) in [6, 6.07) is 0. The van der Waals surface area contributed by atoms with Crippen molar-refractivity contribution in [2.45, 2.75) is 59.8 Å². The van der Waals surface area contributed by atoms with Crippen LogP contribution in [-0.4, -0.2) is 0 Å². The van der Waals surface area contributed by atoms with Gasteiger partial charge in [-0.3, -0.25) is 0 Å². The molecule has 0 radical (unpaired) electrons. The summed E-state index contributed by atoms with van der Waals surface area (Å²) in [5, 5.41) is 0. The normalized spacial score (nSPS) is 18.8. The molecule has 0 aliphatic heterocycles. The fraction of sp³-hybridized carbons (Fsp3) is 0.846. The van der Waals surface area contributed by atoms with Gasteiger partial charge in [-0.15, -0.1) is 0 Å². The third-order valence-electron chi connectivity index (χ3n) is 2.42. The molecule has 13 heavy (non-hydrogen) atoms. The van der Waals surface area contributed by atoms with Crippen LogP contribution in [0.15, 0.2) is 12.2 Å². The zero-order chi connectivity index (χ0) is 10.1. The molecule has 1 saturated carbocycles. The molecule has 0 saturated heterocycles. The Balaban J connectivity index is 0.000000671. The molecule has 1 fully saturated rings. The van der Waals surface area contributed by atoms with Crippen LogP contribution < -0.4 is 0 Å². The highest BCUT2D eigenvalue weighted by Gasteiger charge is 2.09. The van der Waals surface area contributed by atoms with Gasteiger partial charge in [-0.05, 0) is 24.7 Å². The maximum absolute atomic E-state index is 2.43. The Hall–Kier alpha value is -0.260. The summed E-state index contributed by atoms with van der Waals surface area (Å²) in [5.41, 5.74) is 0. The second kappa shape index (κ2) is 8.34. The molecule has 0 spiro atoms. The summed E-state index contributed by atoms with van der Waals surface area (Å²) in [5.74, 6) is 1.64. The van der Waals surface area contributed by atoms with Crippen LogP contribution in [0.2, 0.25) is 0 Å². The summed E-state index contributed by atoms with van der Waals surface area (Å²) in [6.45, 7) is 8.50. The van der Waals surface area contributed by atoms with Crippen LogP contribution in [0, 0.1) is 11.8 Å². The van der Waals surface area contributed by atoms with Crippen molar-refractivity contribution in [3.05, 3.63) is 12.2 Å². The first-order valence-corrected chi connectivity index (χ1v) is 5.97. The molecule has 0 bridgehead atoms. The van der Waals surface area contributed by atoms with E-state index in [1.54, 1.807) is 0 Å². The zero-order valence-electron chi connectivity index (χ0n) is 9.84. The highest BCUT2D eigenvalue weighted by Crippen LogP contribution is 2.24. The lowest BCUT2D eigenvalue weighted by atomic mass is 9.88. The van der Waals surface area contributed by atoms with Crippen LogP contribution in [0.25, 0.3) is 0 Å². The molecule has 0 amide bonds. The molecule has 0 aromatic rings. The third kappa shape index (κ3) is 6.86. The molecule has 0 aromatic heterocycles. The highest BCUT2D eigenvalue weighted by atomic mass is 14.1. The molecule has 0 unspecified atom stereocenters. The van der Waals surface area contributed by atoms with Gasteiger partial charge in [0.1, 0.15) is 0 Å². The minimum Gasteiger partial charge on any atom is -0.0857 e. The van der Waals surface area contributed by atoms with Crippen molar-refractivity contribution in [2.24, 2.45) is 11.8 Å². The van der Waals surface area contributed by atoms with Gasteiger partial charge in [-0.2, -0.15) is 0 Å². The van der Waals surface area contributed by atoms with Crippen LogP contribution in [0.5, 0.6) is 0 Å². The standard InChI is InChI=1S/C11H20.C2H6/c1-10(2)8-9-11-6-4-3-5-7-11;1-2/h8-11H,3-7H2,1-2H3;1-2H3/b9-8+;. The van der Waals surface area contributed by atoms with Gasteiger partial charge in [0.2, 0.25) is 0 Å². The lowest BCUT2D eigenvalue weighted by Gasteiger charge is -2.17. The van der Waals surface area contributed by atoms with Crippen molar-refractivity contribution < 1.29 is 0 Å². The maximum Gasteiger partial charge on any atom is -0.0233 e. The van der Waals surface area contributed by atoms with Crippen molar-refractivity contribution in [1.29, 1.82) is 0 Å². The number of hydrogen-bond acceptors (Lipinski definition) is 0. The Kier molecular flexibility index (Phi) is 8.18. The highest BCUT2D eigenvalue weighted by molar-refractivity contribution is 4.91. The second-order valence-electron chi connectivity index (χ2n) is 4.03. The molecule has 1 rings (SSSR count). The van der Waals surface area contributed by atoms with Crippen LogP contribution >= 0.6 is 0 Å². The van der Waals surface area contributed by atoms with Gasteiger partial charge in [0.25, 0.3) is 0 Å². The Morgan fingerprint density at radius 2 is 1.54 bits per heavy atom. The fourth-order valence-corrected chi connectivity index (χ4v) is 1.71. The summed E-state index contributed by atoms with van der Waals surface area (Å²) in [4.78, 5) is 0. The van der Waals surface area contributed by atoms with Crippen molar-refractivity contribution in [3.8, 4) is 0 Å². The molecule has 1 aliphatic carbocycles. The summed E-state index contributed by atoms with van der Waals surface area (Å²) < 4.78 is 0. The van der Waals surface area contributed by atoms with Crippen LogP contribution in [-0.2, 0) is 0 Å². The van der Waals surface area contributed by atoms with Crippen molar-refractivity contribution in [2.75, 3.05) is 0 Å². The van der Waals surface area contributed by atoms with Gasteiger partial charge in [0.15, 0.2) is 0 Å². The Morgan fingerprint density at radius 1 is 1.00 bits per heavy atom. The summed E-state index contributed by atoms with van der Waals surface area (Å²) in [7, 11) is 0. The molecule has 0 heterocycles. The zero-order valence-corrected chi connectivity index (χ0v) is 9.84. The average molecular weight is 182 g/mol. The molecule has 1 aliphatic rings. The molecule has 0 aromatic carbocycles. The fourth-order valence-electron chi connectivity index (χ4n) is 1.71.